The number of hydrogen-bond acceptors (Lipinski definition) is 4. The summed E-state index contributed by atoms with van der Waals surface area (Å²) in [6, 6.07) is 5.46. The number of benzene rings is 1. The predicted octanol–water partition coefficient (Wildman–Crippen LogP) is 1.40. The number of fused-ring (bicyclic) bond motifs is 1. The summed E-state index contributed by atoms with van der Waals surface area (Å²) < 4.78 is 10.9. The van der Waals surface area contributed by atoms with Gasteiger partial charge in [-0.3, -0.25) is 4.79 Å². The molecule has 2 rings (SSSR count). The van der Waals surface area contributed by atoms with Gasteiger partial charge in [0.2, 0.25) is 5.91 Å². The molecular weight excluding hydrogens is 256 g/mol. The molecule has 0 saturated heterocycles. The van der Waals surface area contributed by atoms with Gasteiger partial charge in [0, 0.05) is 24.2 Å². The van der Waals surface area contributed by atoms with Gasteiger partial charge in [-0.25, -0.2) is 0 Å². The molecule has 1 aliphatic rings. The molecule has 0 fully saturated rings. The lowest BCUT2D eigenvalue weighted by Gasteiger charge is -2.19. The van der Waals surface area contributed by atoms with Gasteiger partial charge in [-0.05, 0) is 19.1 Å². The standard InChI is InChI=1S/C15H18N2O3/c1-3-4-11(2)16-10-15(18)17-12-5-6-13-14(9-12)20-8-7-19-13/h1,5-6,9,11,16H,4,7-8,10H2,2H3,(H,17,18). The molecule has 20 heavy (non-hydrogen) atoms. The zero-order valence-corrected chi connectivity index (χ0v) is 11.4. The van der Waals surface area contributed by atoms with E-state index in [1.165, 1.54) is 0 Å². The zero-order valence-electron chi connectivity index (χ0n) is 11.4. The van der Waals surface area contributed by atoms with Crippen molar-refractivity contribution in [2.24, 2.45) is 0 Å². The number of hydrogen-bond donors (Lipinski definition) is 2. The van der Waals surface area contributed by atoms with E-state index in [0.717, 1.165) is 0 Å². The summed E-state index contributed by atoms with van der Waals surface area (Å²) in [5.74, 6) is 3.79. The van der Waals surface area contributed by atoms with E-state index in [-0.39, 0.29) is 18.5 Å². The van der Waals surface area contributed by atoms with Crippen LogP contribution in [-0.4, -0.2) is 31.7 Å². The van der Waals surface area contributed by atoms with Crippen LogP contribution in [0, 0.1) is 12.3 Å². The molecule has 5 heteroatoms. The van der Waals surface area contributed by atoms with Crippen molar-refractivity contribution in [1.82, 2.24) is 5.32 Å². The fourth-order valence-electron chi connectivity index (χ4n) is 1.84. The Labute approximate surface area is 118 Å². The number of ether oxygens (including phenoxy) is 2. The molecule has 0 aromatic heterocycles. The number of rotatable bonds is 5. The fraction of sp³-hybridized carbons (Fsp3) is 0.400. The molecule has 5 nitrogen and oxygen atoms in total. The summed E-state index contributed by atoms with van der Waals surface area (Å²) in [7, 11) is 0. The number of amides is 1. The van der Waals surface area contributed by atoms with Gasteiger partial charge >= 0.3 is 0 Å². The lowest BCUT2D eigenvalue weighted by molar-refractivity contribution is -0.115. The maximum Gasteiger partial charge on any atom is 0.238 e. The average Bonchev–Trinajstić information content (AvgIpc) is 2.45. The highest BCUT2D eigenvalue weighted by Crippen LogP contribution is 2.32. The number of terminal acetylenes is 1. The molecule has 0 aliphatic carbocycles. The van der Waals surface area contributed by atoms with Crippen LogP contribution in [0.15, 0.2) is 18.2 Å². The monoisotopic (exact) mass is 274 g/mol. The van der Waals surface area contributed by atoms with Gasteiger partial charge in [-0.1, -0.05) is 0 Å². The smallest absolute Gasteiger partial charge is 0.238 e. The summed E-state index contributed by atoms with van der Waals surface area (Å²) in [6.45, 7) is 3.24. The number of carbonyl (C=O) groups excluding carboxylic acids is 1. The molecule has 1 aromatic carbocycles. The molecule has 0 spiro atoms. The third kappa shape index (κ3) is 3.90. The number of carbonyl (C=O) groups is 1. The Balaban J connectivity index is 1.87. The first kappa shape index (κ1) is 14.2. The first-order valence-electron chi connectivity index (χ1n) is 6.55. The van der Waals surface area contributed by atoms with Crippen LogP contribution in [0.25, 0.3) is 0 Å². The Bertz CT molecular complexity index is 522. The minimum Gasteiger partial charge on any atom is -0.486 e. The normalized spacial score (nSPS) is 14.2. The van der Waals surface area contributed by atoms with Gasteiger partial charge in [0.25, 0.3) is 0 Å². The van der Waals surface area contributed by atoms with Crippen LogP contribution in [0.2, 0.25) is 0 Å². The molecule has 0 bridgehead atoms. The first-order valence-corrected chi connectivity index (χ1v) is 6.55. The highest BCUT2D eigenvalue weighted by atomic mass is 16.6. The van der Waals surface area contributed by atoms with Crippen LogP contribution in [0.5, 0.6) is 11.5 Å². The summed E-state index contributed by atoms with van der Waals surface area (Å²) in [6.07, 6.45) is 5.80. The van der Waals surface area contributed by atoms with Gasteiger partial charge in [0.05, 0.1) is 6.54 Å². The molecule has 1 unspecified atom stereocenters. The lowest BCUT2D eigenvalue weighted by Crippen LogP contribution is -2.34. The van der Waals surface area contributed by atoms with Crippen LogP contribution in [-0.2, 0) is 4.79 Å². The van der Waals surface area contributed by atoms with E-state index in [1.54, 1.807) is 18.2 Å². The first-order chi connectivity index (χ1) is 9.69. The third-order valence-corrected chi connectivity index (χ3v) is 2.86. The van der Waals surface area contributed by atoms with Crippen LogP contribution in [0.4, 0.5) is 5.69 Å². The van der Waals surface area contributed by atoms with Crippen molar-refractivity contribution in [1.29, 1.82) is 0 Å². The molecule has 1 aromatic rings. The van der Waals surface area contributed by atoms with E-state index in [2.05, 4.69) is 16.6 Å². The van der Waals surface area contributed by atoms with Crippen molar-refractivity contribution < 1.29 is 14.3 Å². The molecule has 0 saturated carbocycles. The van der Waals surface area contributed by atoms with E-state index in [4.69, 9.17) is 15.9 Å². The quantitative estimate of drug-likeness (QED) is 0.797. The summed E-state index contributed by atoms with van der Waals surface area (Å²) in [5.41, 5.74) is 0.686. The Kier molecular flexibility index (Phi) is 4.85. The highest BCUT2D eigenvalue weighted by molar-refractivity contribution is 5.92. The Morgan fingerprint density at radius 3 is 2.90 bits per heavy atom. The molecule has 106 valence electrons. The average molecular weight is 274 g/mol. The third-order valence-electron chi connectivity index (χ3n) is 2.86. The molecule has 1 aliphatic heterocycles. The van der Waals surface area contributed by atoms with Crippen molar-refractivity contribution >= 4 is 11.6 Å². The van der Waals surface area contributed by atoms with Gasteiger partial charge in [0.1, 0.15) is 13.2 Å². The SMILES string of the molecule is C#CCC(C)NCC(=O)Nc1ccc2c(c1)OCCO2. The van der Waals surface area contributed by atoms with E-state index < -0.39 is 0 Å². The minimum atomic E-state index is -0.120. The molecule has 1 amide bonds. The van der Waals surface area contributed by atoms with Gasteiger partial charge in [0.15, 0.2) is 11.5 Å². The van der Waals surface area contributed by atoms with Crippen LogP contribution in [0.1, 0.15) is 13.3 Å². The largest absolute Gasteiger partial charge is 0.486 e. The topological polar surface area (TPSA) is 59.6 Å². The zero-order chi connectivity index (χ0) is 14.4. The van der Waals surface area contributed by atoms with Crippen molar-refractivity contribution in [3.05, 3.63) is 18.2 Å². The summed E-state index contributed by atoms with van der Waals surface area (Å²) in [4.78, 5) is 11.8. The summed E-state index contributed by atoms with van der Waals surface area (Å²) >= 11 is 0. The van der Waals surface area contributed by atoms with Crippen molar-refractivity contribution in [2.75, 3.05) is 25.1 Å². The Morgan fingerprint density at radius 1 is 1.40 bits per heavy atom. The number of nitrogens with one attached hydrogen (secondary N) is 2. The number of anilines is 1. The van der Waals surface area contributed by atoms with Gasteiger partial charge < -0.3 is 20.1 Å². The second kappa shape index (κ2) is 6.83. The fourth-order valence-corrected chi connectivity index (χ4v) is 1.84. The van der Waals surface area contributed by atoms with E-state index in [0.29, 0.717) is 36.8 Å². The molecular formula is C15H18N2O3. The maximum atomic E-state index is 11.8. The van der Waals surface area contributed by atoms with Gasteiger partial charge in [-0.15, -0.1) is 12.3 Å². The van der Waals surface area contributed by atoms with Crippen LogP contribution < -0.4 is 20.1 Å². The van der Waals surface area contributed by atoms with Crippen LogP contribution in [0.3, 0.4) is 0 Å². The van der Waals surface area contributed by atoms with E-state index in [1.807, 2.05) is 6.92 Å². The second-order valence-corrected chi connectivity index (χ2v) is 4.60. The highest BCUT2D eigenvalue weighted by Gasteiger charge is 2.12. The second-order valence-electron chi connectivity index (χ2n) is 4.60. The molecule has 1 atom stereocenters. The minimum absolute atomic E-state index is 0.117. The van der Waals surface area contributed by atoms with Gasteiger partial charge in [-0.2, -0.15) is 0 Å². The molecule has 2 N–H and O–H groups in total. The van der Waals surface area contributed by atoms with E-state index >= 15 is 0 Å². The van der Waals surface area contributed by atoms with Crippen LogP contribution >= 0.6 is 0 Å². The summed E-state index contributed by atoms with van der Waals surface area (Å²) in [5, 5.41) is 5.86. The molecule has 1 heterocycles. The van der Waals surface area contributed by atoms with Crippen molar-refractivity contribution in [3.63, 3.8) is 0 Å². The maximum absolute atomic E-state index is 11.8. The lowest BCUT2D eigenvalue weighted by atomic mass is 10.2. The van der Waals surface area contributed by atoms with E-state index in [9.17, 15) is 4.79 Å². The van der Waals surface area contributed by atoms with Crippen molar-refractivity contribution in [3.8, 4) is 23.8 Å². The Morgan fingerprint density at radius 2 is 2.15 bits per heavy atom. The predicted molar refractivity (Wildman–Crippen MR) is 77.0 cm³/mol. The Hall–Kier alpha value is -2.19. The molecule has 0 radical (unpaired) electrons. The van der Waals surface area contributed by atoms with Crippen molar-refractivity contribution in [2.45, 2.75) is 19.4 Å².